The van der Waals surface area contributed by atoms with Gasteiger partial charge in [-0.3, -0.25) is 4.70 Å². The van der Waals surface area contributed by atoms with E-state index in [0.29, 0.717) is 0 Å². The second-order valence-corrected chi connectivity index (χ2v) is 0. The summed E-state index contributed by atoms with van der Waals surface area (Å²) >= 11 is 0. The molecule has 0 atom stereocenters. The molecule has 0 bridgehead atoms. The van der Waals surface area contributed by atoms with E-state index in [0.717, 1.165) is 0 Å². The molecule has 0 aliphatic carbocycles. The monoisotopic (exact) mass is 178 g/mol. The Morgan fingerprint density at radius 2 is 0.750 bits per heavy atom. The molecule has 0 aromatic heterocycles. The molecule has 0 saturated heterocycles. The van der Waals surface area contributed by atoms with Crippen LogP contribution in [0, 0.1) is 0 Å². The third-order valence-electron chi connectivity index (χ3n) is 0. The first-order valence-electron chi connectivity index (χ1n) is 0. The van der Waals surface area contributed by atoms with Gasteiger partial charge in [0.1, 0.15) is 0 Å². The van der Waals surface area contributed by atoms with Crippen LogP contribution in [0.5, 0.6) is 0 Å². The summed E-state index contributed by atoms with van der Waals surface area (Å²) in [5, 5.41) is 0. The molecular weight excluding hydrogens is 177 g/mol. The van der Waals surface area contributed by atoms with Crippen molar-refractivity contribution in [1.29, 1.82) is 0 Å². The molecule has 0 aliphatic rings. The van der Waals surface area contributed by atoms with E-state index in [1.165, 1.54) is 0 Å². The van der Waals surface area contributed by atoms with Crippen LogP contribution in [-0.4, -0.2) is 17.4 Å². The summed E-state index contributed by atoms with van der Waals surface area (Å²) in [7, 11) is 0. The SMILES string of the molecule is F.[AlH3].[Zn].[Zn]. The van der Waals surface area contributed by atoms with E-state index in [2.05, 4.69) is 0 Å². The maximum atomic E-state index is 0. The van der Waals surface area contributed by atoms with E-state index in [9.17, 15) is 0 Å². The van der Waals surface area contributed by atoms with Crippen molar-refractivity contribution >= 4 is 17.4 Å². The second kappa shape index (κ2) is 22.2. The minimum atomic E-state index is 0. The van der Waals surface area contributed by atoms with E-state index in [1.807, 2.05) is 0 Å². The van der Waals surface area contributed by atoms with Crippen molar-refractivity contribution in [3.8, 4) is 0 Å². The fourth-order valence-electron chi connectivity index (χ4n) is 0. The Bertz CT molecular complexity index is 6.00. The quantitative estimate of drug-likeness (QED) is 0.418. The van der Waals surface area contributed by atoms with Gasteiger partial charge in [-0.1, -0.05) is 0 Å². The molecule has 0 unspecified atom stereocenters. The van der Waals surface area contributed by atoms with Gasteiger partial charge in [0.15, 0.2) is 17.4 Å². The third kappa shape index (κ3) is 9.32. The van der Waals surface area contributed by atoms with Gasteiger partial charge < -0.3 is 0 Å². The van der Waals surface area contributed by atoms with Crippen molar-refractivity contribution in [3.05, 3.63) is 0 Å². The molecule has 4 heavy (non-hydrogen) atoms. The molecular formula is H4AlFZn2. The van der Waals surface area contributed by atoms with Crippen LogP contribution in [0.3, 0.4) is 0 Å². The molecule has 0 aromatic rings. The van der Waals surface area contributed by atoms with Gasteiger partial charge in [-0.05, 0) is 0 Å². The third-order valence-corrected chi connectivity index (χ3v) is 0. The molecule has 0 rings (SSSR count). The zero-order chi connectivity index (χ0) is 0. The van der Waals surface area contributed by atoms with Crippen LogP contribution >= 0.6 is 0 Å². The Kier molecular flexibility index (Phi) is 240. The van der Waals surface area contributed by atoms with Crippen molar-refractivity contribution in [1.82, 2.24) is 0 Å². The van der Waals surface area contributed by atoms with Gasteiger partial charge in [-0.25, -0.2) is 0 Å². The molecule has 0 fully saturated rings. The molecule has 0 heterocycles. The van der Waals surface area contributed by atoms with Crippen LogP contribution in [-0.2, 0) is 39.0 Å². The molecule has 0 saturated carbocycles. The summed E-state index contributed by atoms with van der Waals surface area (Å²) in [5.74, 6) is 0. The molecule has 0 aromatic carbocycles. The summed E-state index contributed by atoms with van der Waals surface area (Å²) in [4.78, 5) is 0. The predicted molar refractivity (Wildman–Crippen MR) is 12.4 cm³/mol. The number of rotatable bonds is 0. The van der Waals surface area contributed by atoms with Crippen LogP contribution in [0.2, 0.25) is 0 Å². The first kappa shape index (κ1) is 43.3. The summed E-state index contributed by atoms with van der Waals surface area (Å²) in [5.41, 5.74) is 0. The first-order chi connectivity index (χ1) is 0. The topological polar surface area (TPSA) is 0 Å². The van der Waals surface area contributed by atoms with Gasteiger partial charge in [-0.15, -0.1) is 0 Å². The van der Waals surface area contributed by atoms with Gasteiger partial charge in [-0.2, -0.15) is 0 Å². The smallest absolute Gasteiger partial charge is 0.187 e. The summed E-state index contributed by atoms with van der Waals surface area (Å²) in [6.45, 7) is 0. The summed E-state index contributed by atoms with van der Waals surface area (Å²) in [6.07, 6.45) is 0. The molecule has 4 heteroatoms. The summed E-state index contributed by atoms with van der Waals surface area (Å²) < 4.78 is 0. The Labute approximate surface area is 60.7 Å². The second-order valence-electron chi connectivity index (χ2n) is 0. The van der Waals surface area contributed by atoms with Gasteiger partial charge in [0.2, 0.25) is 0 Å². The van der Waals surface area contributed by atoms with Gasteiger partial charge in [0.25, 0.3) is 0 Å². The fourth-order valence-corrected chi connectivity index (χ4v) is 0. The van der Waals surface area contributed by atoms with Crippen LogP contribution < -0.4 is 0 Å². The van der Waals surface area contributed by atoms with Gasteiger partial charge in [0.05, 0.1) is 0 Å². The molecule has 0 spiro atoms. The molecule has 0 amide bonds. The molecule has 0 aliphatic heterocycles. The normalized spacial score (nSPS) is 0. The standard InChI is InChI=1S/Al.FH.2Zn.3H/h;1H;;;;;. The molecule has 0 N–H and O–H groups in total. The maximum Gasteiger partial charge on any atom is 0.187 e. The van der Waals surface area contributed by atoms with Crippen molar-refractivity contribution in [3.63, 3.8) is 0 Å². The van der Waals surface area contributed by atoms with E-state index >= 15 is 0 Å². The van der Waals surface area contributed by atoms with Gasteiger partial charge >= 0.3 is 0 Å². The van der Waals surface area contributed by atoms with Crippen molar-refractivity contribution in [2.24, 2.45) is 0 Å². The van der Waals surface area contributed by atoms with Crippen LogP contribution in [0.15, 0.2) is 0 Å². The number of halogens is 1. The Morgan fingerprint density at radius 1 is 0.750 bits per heavy atom. The van der Waals surface area contributed by atoms with Crippen molar-refractivity contribution in [2.75, 3.05) is 0 Å². The zero-order valence-corrected chi connectivity index (χ0v) is 7.76. The van der Waals surface area contributed by atoms with E-state index in [4.69, 9.17) is 0 Å². The minimum absolute atomic E-state index is 0. The Hall–Kier alpha value is 1.71. The van der Waals surface area contributed by atoms with Gasteiger partial charge in [0, 0.05) is 39.0 Å². The average molecular weight is 181 g/mol. The predicted octanol–water partition coefficient (Wildman–Crippen LogP) is -1.04. The van der Waals surface area contributed by atoms with Crippen LogP contribution in [0.1, 0.15) is 0 Å². The number of hydrogen-bond acceptors (Lipinski definition) is 0. The first-order valence-corrected chi connectivity index (χ1v) is 0. The van der Waals surface area contributed by atoms with E-state index in [1.54, 1.807) is 0 Å². The van der Waals surface area contributed by atoms with Crippen molar-refractivity contribution < 1.29 is 43.7 Å². The van der Waals surface area contributed by atoms with Crippen LogP contribution in [0.4, 0.5) is 4.70 Å². The van der Waals surface area contributed by atoms with E-state index in [-0.39, 0.29) is 61.0 Å². The molecule has 0 nitrogen and oxygen atoms in total. The van der Waals surface area contributed by atoms with Crippen molar-refractivity contribution in [2.45, 2.75) is 0 Å². The minimum Gasteiger partial charge on any atom is -0.269 e. The largest absolute Gasteiger partial charge is 0.269 e. The molecule has 0 radical (unpaired) electrons. The maximum absolute atomic E-state index is 0. The Morgan fingerprint density at radius 3 is 0.750 bits per heavy atom. The van der Waals surface area contributed by atoms with E-state index < -0.39 is 0 Å². The molecule has 18 valence electrons. The summed E-state index contributed by atoms with van der Waals surface area (Å²) in [6, 6.07) is 0. The average Bonchev–Trinajstić information content (AvgIpc) is 0. The Balaban J connectivity index is 0. The zero-order valence-electron chi connectivity index (χ0n) is 1.82. The number of hydrogen-bond donors (Lipinski definition) is 0. The van der Waals surface area contributed by atoms with Crippen LogP contribution in [0.25, 0.3) is 0 Å². The fraction of sp³-hybridized carbons (Fsp3) is 0.